The van der Waals surface area contributed by atoms with Crippen LogP contribution in [0.25, 0.3) is 11.4 Å². The van der Waals surface area contributed by atoms with Crippen molar-refractivity contribution in [1.82, 2.24) is 19.7 Å². The van der Waals surface area contributed by atoms with E-state index in [-0.39, 0.29) is 11.7 Å². The molecule has 0 saturated carbocycles. The summed E-state index contributed by atoms with van der Waals surface area (Å²) in [6.07, 6.45) is 5.10. The molecule has 8 nitrogen and oxygen atoms in total. The van der Waals surface area contributed by atoms with E-state index in [0.717, 1.165) is 5.56 Å². The standard InChI is InChI=1S/C20H19N5O3S/c1-3-12-25-18(14-8-10-21-11-9-14)23-24-20(25)29-13-17(26)22-16-7-5-4-6-15(16)19(27)28-2/h3-11H,1,12-13H2,2H3,(H,22,26). The smallest absolute Gasteiger partial charge is 0.339 e. The average molecular weight is 409 g/mol. The number of aromatic nitrogens is 4. The second-order valence-corrected chi connectivity index (χ2v) is 6.76. The normalized spacial score (nSPS) is 10.4. The number of anilines is 1. The SMILES string of the molecule is C=CCn1c(SCC(=O)Nc2ccccc2C(=O)OC)nnc1-c1ccncc1. The van der Waals surface area contributed by atoms with Crippen LogP contribution in [0.4, 0.5) is 5.69 Å². The number of carbonyl (C=O) groups is 2. The largest absolute Gasteiger partial charge is 0.465 e. The number of hydrogen-bond acceptors (Lipinski definition) is 7. The number of thioether (sulfide) groups is 1. The molecule has 0 aliphatic rings. The third kappa shape index (κ3) is 4.88. The molecule has 0 bridgehead atoms. The topological polar surface area (TPSA) is 99.0 Å². The lowest BCUT2D eigenvalue weighted by Gasteiger charge is -2.10. The first-order chi connectivity index (χ1) is 14.1. The lowest BCUT2D eigenvalue weighted by Crippen LogP contribution is -2.17. The number of ether oxygens (including phenoxy) is 1. The highest BCUT2D eigenvalue weighted by molar-refractivity contribution is 7.99. The third-order valence-electron chi connectivity index (χ3n) is 3.91. The molecule has 0 atom stereocenters. The van der Waals surface area contributed by atoms with Gasteiger partial charge < -0.3 is 10.1 Å². The zero-order valence-corrected chi connectivity index (χ0v) is 16.6. The van der Waals surface area contributed by atoms with Crippen LogP contribution in [0.3, 0.4) is 0 Å². The van der Waals surface area contributed by atoms with E-state index in [9.17, 15) is 9.59 Å². The van der Waals surface area contributed by atoms with Gasteiger partial charge in [0.2, 0.25) is 5.91 Å². The number of hydrogen-bond donors (Lipinski definition) is 1. The van der Waals surface area contributed by atoms with E-state index in [1.807, 2.05) is 16.7 Å². The maximum absolute atomic E-state index is 12.4. The van der Waals surface area contributed by atoms with Gasteiger partial charge in [-0.2, -0.15) is 0 Å². The Morgan fingerprint density at radius 1 is 1.21 bits per heavy atom. The molecule has 9 heteroatoms. The fourth-order valence-electron chi connectivity index (χ4n) is 2.60. The first-order valence-corrected chi connectivity index (χ1v) is 9.67. The van der Waals surface area contributed by atoms with Crippen LogP contribution in [0.2, 0.25) is 0 Å². The Labute approximate surface area is 172 Å². The molecule has 1 amide bonds. The zero-order chi connectivity index (χ0) is 20.6. The number of nitrogens with one attached hydrogen (secondary N) is 1. The van der Waals surface area contributed by atoms with E-state index < -0.39 is 5.97 Å². The van der Waals surface area contributed by atoms with Crippen molar-refractivity contribution in [3.05, 3.63) is 67.0 Å². The van der Waals surface area contributed by atoms with Crippen molar-refractivity contribution in [2.75, 3.05) is 18.2 Å². The van der Waals surface area contributed by atoms with Gasteiger partial charge in [0.25, 0.3) is 0 Å². The van der Waals surface area contributed by atoms with E-state index in [1.165, 1.54) is 18.9 Å². The number of esters is 1. The lowest BCUT2D eigenvalue weighted by atomic mass is 10.2. The number of amides is 1. The van der Waals surface area contributed by atoms with Crippen LogP contribution in [0.5, 0.6) is 0 Å². The summed E-state index contributed by atoms with van der Waals surface area (Å²) >= 11 is 1.25. The van der Waals surface area contributed by atoms with Crippen LogP contribution < -0.4 is 5.32 Å². The maximum atomic E-state index is 12.4. The molecule has 2 aromatic heterocycles. The first kappa shape index (κ1) is 20.3. The van der Waals surface area contributed by atoms with Crippen LogP contribution in [-0.4, -0.2) is 44.5 Å². The minimum absolute atomic E-state index is 0.0983. The molecule has 148 valence electrons. The average Bonchev–Trinajstić information content (AvgIpc) is 3.15. The number of carbonyl (C=O) groups excluding carboxylic acids is 2. The van der Waals surface area contributed by atoms with E-state index in [0.29, 0.717) is 28.8 Å². The minimum Gasteiger partial charge on any atom is -0.465 e. The number of nitrogens with zero attached hydrogens (tertiary/aromatic N) is 4. The Morgan fingerprint density at radius 2 is 1.97 bits per heavy atom. The molecule has 1 aromatic carbocycles. The maximum Gasteiger partial charge on any atom is 0.339 e. The van der Waals surface area contributed by atoms with Crippen LogP contribution >= 0.6 is 11.8 Å². The summed E-state index contributed by atoms with van der Waals surface area (Å²) in [6.45, 7) is 4.28. The molecule has 2 heterocycles. The second-order valence-electron chi connectivity index (χ2n) is 5.82. The van der Waals surface area contributed by atoms with Gasteiger partial charge in [-0.1, -0.05) is 30.0 Å². The Balaban J connectivity index is 1.72. The van der Waals surface area contributed by atoms with Crippen LogP contribution in [0.15, 0.2) is 66.6 Å². The molecule has 0 aliphatic heterocycles. The molecule has 0 unspecified atom stereocenters. The second kappa shape index (κ2) is 9.65. The molecule has 3 aromatic rings. The lowest BCUT2D eigenvalue weighted by molar-refractivity contribution is -0.113. The molecule has 29 heavy (non-hydrogen) atoms. The molecule has 0 radical (unpaired) electrons. The Bertz CT molecular complexity index is 1020. The Hall–Kier alpha value is -3.46. The predicted octanol–water partition coefficient (Wildman–Crippen LogP) is 3.04. The van der Waals surface area contributed by atoms with Gasteiger partial charge in [-0.25, -0.2) is 4.79 Å². The molecular formula is C20H19N5O3S. The van der Waals surface area contributed by atoms with E-state index in [4.69, 9.17) is 4.74 Å². The van der Waals surface area contributed by atoms with Gasteiger partial charge >= 0.3 is 5.97 Å². The summed E-state index contributed by atoms with van der Waals surface area (Å²) in [5.74, 6) is -0.0151. The van der Waals surface area contributed by atoms with Crippen molar-refractivity contribution in [3.8, 4) is 11.4 Å². The number of allylic oxidation sites excluding steroid dienone is 1. The highest BCUT2D eigenvalue weighted by Gasteiger charge is 2.17. The molecule has 0 aliphatic carbocycles. The van der Waals surface area contributed by atoms with Gasteiger partial charge in [0, 0.05) is 24.5 Å². The summed E-state index contributed by atoms with van der Waals surface area (Å²) in [5.41, 5.74) is 1.57. The molecule has 0 spiro atoms. The summed E-state index contributed by atoms with van der Waals surface area (Å²) in [5, 5.41) is 11.8. The van der Waals surface area contributed by atoms with E-state index >= 15 is 0 Å². The van der Waals surface area contributed by atoms with Crippen molar-refractivity contribution in [2.24, 2.45) is 0 Å². The number of pyridine rings is 1. The van der Waals surface area contributed by atoms with Gasteiger partial charge in [-0.05, 0) is 24.3 Å². The van der Waals surface area contributed by atoms with Gasteiger partial charge in [-0.15, -0.1) is 16.8 Å². The molecule has 0 fully saturated rings. The monoisotopic (exact) mass is 409 g/mol. The number of benzene rings is 1. The van der Waals surface area contributed by atoms with E-state index in [2.05, 4.69) is 27.1 Å². The molecule has 0 saturated heterocycles. The molecular weight excluding hydrogens is 390 g/mol. The Kier molecular flexibility index (Phi) is 6.75. The van der Waals surface area contributed by atoms with Crippen molar-refractivity contribution in [2.45, 2.75) is 11.7 Å². The number of para-hydroxylation sites is 1. The van der Waals surface area contributed by atoms with Gasteiger partial charge in [0.15, 0.2) is 11.0 Å². The summed E-state index contributed by atoms with van der Waals surface area (Å²) in [4.78, 5) is 28.3. The third-order valence-corrected chi connectivity index (χ3v) is 4.87. The summed E-state index contributed by atoms with van der Waals surface area (Å²) < 4.78 is 6.62. The van der Waals surface area contributed by atoms with Crippen LogP contribution in [0, 0.1) is 0 Å². The predicted molar refractivity (Wildman–Crippen MR) is 111 cm³/mol. The first-order valence-electron chi connectivity index (χ1n) is 8.68. The number of rotatable bonds is 8. The Morgan fingerprint density at radius 3 is 2.69 bits per heavy atom. The quantitative estimate of drug-likeness (QED) is 0.347. The number of methoxy groups -OCH3 is 1. The van der Waals surface area contributed by atoms with Crippen molar-refractivity contribution < 1.29 is 14.3 Å². The van der Waals surface area contributed by atoms with Crippen LogP contribution in [-0.2, 0) is 16.1 Å². The highest BCUT2D eigenvalue weighted by atomic mass is 32.2. The zero-order valence-electron chi connectivity index (χ0n) is 15.7. The highest BCUT2D eigenvalue weighted by Crippen LogP contribution is 2.24. The summed E-state index contributed by atoms with van der Waals surface area (Å²) in [6, 6.07) is 10.4. The van der Waals surface area contributed by atoms with Crippen molar-refractivity contribution in [1.29, 1.82) is 0 Å². The van der Waals surface area contributed by atoms with Gasteiger partial charge in [-0.3, -0.25) is 14.3 Å². The van der Waals surface area contributed by atoms with Crippen LogP contribution in [0.1, 0.15) is 10.4 Å². The fraction of sp³-hybridized carbons (Fsp3) is 0.150. The minimum atomic E-state index is -0.513. The molecule has 1 N–H and O–H groups in total. The fourth-order valence-corrected chi connectivity index (χ4v) is 3.35. The van der Waals surface area contributed by atoms with Crippen molar-refractivity contribution >= 4 is 29.3 Å². The van der Waals surface area contributed by atoms with Gasteiger partial charge in [0.05, 0.1) is 24.1 Å². The molecule has 3 rings (SSSR count). The van der Waals surface area contributed by atoms with Crippen molar-refractivity contribution in [3.63, 3.8) is 0 Å². The summed E-state index contributed by atoms with van der Waals surface area (Å²) in [7, 11) is 1.30. The van der Waals surface area contributed by atoms with E-state index in [1.54, 1.807) is 42.7 Å². The van der Waals surface area contributed by atoms with Gasteiger partial charge in [0.1, 0.15) is 0 Å².